The second kappa shape index (κ2) is 7.79. The topological polar surface area (TPSA) is 111 Å². The molecule has 0 bridgehead atoms. The highest BCUT2D eigenvalue weighted by molar-refractivity contribution is 6.30. The van der Waals surface area contributed by atoms with Crippen molar-refractivity contribution in [2.45, 2.75) is 13.3 Å². The molecule has 0 radical (unpaired) electrons. The van der Waals surface area contributed by atoms with Crippen molar-refractivity contribution >= 4 is 29.1 Å². The van der Waals surface area contributed by atoms with Crippen molar-refractivity contribution in [3.8, 4) is 11.4 Å². The highest BCUT2D eigenvalue weighted by Crippen LogP contribution is 2.22. The Kier molecular flexibility index (Phi) is 5.28. The van der Waals surface area contributed by atoms with Crippen LogP contribution >= 0.6 is 11.6 Å². The minimum atomic E-state index is -0.0896. The summed E-state index contributed by atoms with van der Waals surface area (Å²) in [7, 11) is 0. The molecule has 0 aliphatic rings. The van der Waals surface area contributed by atoms with Crippen LogP contribution in [0.15, 0.2) is 53.6 Å². The third kappa shape index (κ3) is 4.07. The van der Waals surface area contributed by atoms with Crippen LogP contribution in [0.4, 0.5) is 11.6 Å². The van der Waals surface area contributed by atoms with Crippen molar-refractivity contribution in [1.29, 1.82) is 10.9 Å². The predicted octanol–water partition coefficient (Wildman–Crippen LogP) is 4.85. The first-order valence-corrected chi connectivity index (χ1v) is 8.31. The minimum Gasteiger partial charge on any atom is -0.324 e. The monoisotopic (exact) mass is 365 g/mol. The van der Waals surface area contributed by atoms with Crippen molar-refractivity contribution < 1.29 is 0 Å². The predicted molar refractivity (Wildman–Crippen MR) is 101 cm³/mol. The van der Waals surface area contributed by atoms with Gasteiger partial charge >= 0.3 is 0 Å². The zero-order chi connectivity index (χ0) is 18.5. The summed E-state index contributed by atoms with van der Waals surface area (Å²) in [6, 6.07) is 14.3. The fraction of sp³-hybridized carbons (Fsp3) is 0.111. The van der Waals surface area contributed by atoms with Crippen LogP contribution in [-0.4, -0.2) is 20.8 Å². The standard InChI is InChI=1S/C18H16ClN7/c1-2-15-23-17(12-4-3-5-13(19)10-12)25-18(24-15)22-14-8-6-11(7-9-14)16(20)26-21/h3-10,20-21H,2H2,1H3,(H,22,23,24,25). The summed E-state index contributed by atoms with van der Waals surface area (Å²) < 4.78 is 0. The van der Waals surface area contributed by atoms with Crippen LogP contribution < -0.4 is 5.32 Å². The molecule has 26 heavy (non-hydrogen) atoms. The molecule has 0 aliphatic heterocycles. The average molecular weight is 366 g/mol. The van der Waals surface area contributed by atoms with Gasteiger partial charge in [0.05, 0.1) is 0 Å². The molecule has 0 atom stereocenters. The number of anilines is 2. The van der Waals surface area contributed by atoms with Gasteiger partial charge in [-0.3, -0.25) is 5.41 Å². The first kappa shape index (κ1) is 17.6. The zero-order valence-electron chi connectivity index (χ0n) is 14.0. The molecule has 8 heteroatoms. The van der Waals surface area contributed by atoms with E-state index in [1.807, 2.05) is 25.1 Å². The summed E-state index contributed by atoms with van der Waals surface area (Å²) in [6.45, 7) is 1.98. The van der Waals surface area contributed by atoms with Crippen LogP contribution in [0.5, 0.6) is 0 Å². The van der Waals surface area contributed by atoms with Gasteiger partial charge in [-0.1, -0.05) is 30.7 Å². The number of rotatable bonds is 5. The molecule has 0 unspecified atom stereocenters. The van der Waals surface area contributed by atoms with Gasteiger partial charge in [0.1, 0.15) is 5.82 Å². The van der Waals surface area contributed by atoms with E-state index in [-0.39, 0.29) is 5.84 Å². The van der Waals surface area contributed by atoms with Crippen LogP contribution in [-0.2, 0) is 6.42 Å². The van der Waals surface area contributed by atoms with Crippen molar-refractivity contribution in [2.24, 2.45) is 5.11 Å². The molecule has 3 rings (SSSR count). The normalized spacial score (nSPS) is 10.4. The summed E-state index contributed by atoms with van der Waals surface area (Å²) in [5.41, 5.74) is 9.04. The van der Waals surface area contributed by atoms with E-state index in [9.17, 15) is 0 Å². The van der Waals surface area contributed by atoms with E-state index >= 15 is 0 Å². The van der Waals surface area contributed by atoms with E-state index in [0.717, 1.165) is 11.3 Å². The Bertz CT molecular complexity index is 954. The Balaban J connectivity index is 1.91. The summed E-state index contributed by atoms with van der Waals surface area (Å²) in [6.07, 6.45) is 0.672. The molecule has 0 amide bonds. The number of nitrogens with one attached hydrogen (secondary N) is 3. The molecule has 3 N–H and O–H groups in total. The Hall–Kier alpha value is -3.19. The third-order valence-corrected chi connectivity index (χ3v) is 3.84. The molecule has 7 nitrogen and oxygen atoms in total. The van der Waals surface area contributed by atoms with Crippen LogP contribution in [0.25, 0.3) is 11.4 Å². The minimum absolute atomic E-state index is 0.0896. The lowest BCUT2D eigenvalue weighted by molar-refractivity contribution is 0.910. The maximum absolute atomic E-state index is 7.55. The molecule has 1 heterocycles. The zero-order valence-corrected chi connectivity index (χ0v) is 14.7. The van der Waals surface area contributed by atoms with E-state index < -0.39 is 0 Å². The summed E-state index contributed by atoms with van der Waals surface area (Å²) in [5.74, 6) is 1.56. The first-order valence-electron chi connectivity index (χ1n) is 7.93. The van der Waals surface area contributed by atoms with Crippen molar-refractivity contribution in [3.05, 3.63) is 64.9 Å². The molecular formula is C18H16ClN7. The van der Waals surface area contributed by atoms with Crippen molar-refractivity contribution in [1.82, 2.24) is 15.0 Å². The number of hydrogen-bond donors (Lipinski definition) is 3. The Morgan fingerprint density at radius 2 is 1.88 bits per heavy atom. The Labute approximate surface area is 155 Å². The first-order chi connectivity index (χ1) is 12.6. The summed E-state index contributed by atoms with van der Waals surface area (Å²) in [4.78, 5) is 13.4. The van der Waals surface area contributed by atoms with E-state index in [2.05, 4.69) is 25.4 Å². The molecular weight excluding hydrogens is 350 g/mol. The van der Waals surface area contributed by atoms with E-state index in [1.54, 1.807) is 30.3 Å². The van der Waals surface area contributed by atoms with Crippen molar-refractivity contribution in [2.75, 3.05) is 5.32 Å². The number of hydrogen-bond acceptors (Lipinski definition) is 6. The largest absolute Gasteiger partial charge is 0.324 e. The lowest BCUT2D eigenvalue weighted by atomic mass is 10.2. The fourth-order valence-corrected chi connectivity index (χ4v) is 2.49. The van der Waals surface area contributed by atoms with Gasteiger partial charge < -0.3 is 5.32 Å². The molecule has 0 spiro atoms. The van der Waals surface area contributed by atoms with E-state index in [4.69, 9.17) is 22.5 Å². The van der Waals surface area contributed by atoms with Crippen LogP contribution in [0.2, 0.25) is 5.02 Å². The molecule has 2 aromatic carbocycles. The lowest BCUT2D eigenvalue weighted by Crippen LogP contribution is -2.05. The van der Waals surface area contributed by atoms with Gasteiger partial charge in [0, 0.05) is 28.3 Å². The number of halogens is 1. The van der Waals surface area contributed by atoms with Crippen LogP contribution in [0, 0.1) is 10.9 Å². The molecule has 3 aromatic rings. The van der Waals surface area contributed by atoms with Gasteiger partial charge in [0.15, 0.2) is 11.7 Å². The number of nitrogens with zero attached hydrogens (tertiary/aromatic N) is 4. The van der Waals surface area contributed by atoms with Gasteiger partial charge in [-0.05, 0) is 36.4 Å². The van der Waals surface area contributed by atoms with Gasteiger partial charge in [0.2, 0.25) is 5.95 Å². The number of aromatic nitrogens is 3. The molecule has 0 aliphatic carbocycles. The van der Waals surface area contributed by atoms with Crippen molar-refractivity contribution in [3.63, 3.8) is 0 Å². The molecule has 130 valence electrons. The molecule has 0 saturated heterocycles. The van der Waals surface area contributed by atoms with Gasteiger partial charge in [0.25, 0.3) is 0 Å². The molecule has 1 aromatic heterocycles. The summed E-state index contributed by atoms with van der Waals surface area (Å²) in [5, 5.41) is 14.4. The second-order valence-electron chi connectivity index (χ2n) is 5.43. The fourth-order valence-electron chi connectivity index (χ4n) is 2.30. The highest BCUT2D eigenvalue weighted by atomic mass is 35.5. The lowest BCUT2D eigenvalue weighted by Gasteiger charge is -2.09. The van der Waals surface area contributed by atoms with Gasteiger partial charge in [-0.2, -0.15) is 9.97 Å². The second-order valence-corrected chi connectivity index (χ2v) is 5.86. The Morgan fingerprint density at radius 3 is 2.54 bits per heavy atom. The molecule has 0 saturated carbocycles. The van der Waals surface area contributed by atoms with E-state index in [1.165, 1.54) is 0 Å². The van der Waals surface area contributed by atoms with Gasteiger partial charge in [-0.15, -0.1) is 5.11 Å². The van der Waals surface area contributed by atoms with Crippen LogP contribution in [0.3, 0.4) is 0 Å². The maximum Gasteiger partial charge on any atom is 0.231 e. The quantitative estimate of drug-likeness (QED) is 0.340. The molecule has 0 fully saturated rings. The summed E-state index contributed by atoms with van der Waals surface area (Å²) >= 11 is 6.07. The maximum atomic E-state index is 7.55. The average Bonchev–Trinajstić information content (AvgIpc) is 2.67. The van der Waals surface area contributed by atoms with Crippen LogP contribution in [0.1, 0.15) is 18.3 Å². The van der Waals surface area contributed by atoms with Gasteiger partial charge in [-0.25, -0.2) is 10.5 Å². The number of benzene rings is 2. The van der Waals surface area contributed by atoms with E-state index in [0.29, 0.717) is 34.6 Å². The smallest absolute Gasteiger partial charge is 0.231 e. The highest BCUT2D eigenvalue weighted by Gasteiger charge is 2.09. The SMILES string of the molecule is CCc1nc(Nc2ccc(C(=N)N=N)cc2)nc(-c2cccc(Cl)c2)n1. The number of amidine groups is 1. The third-order valence-electron chi connectivity index (χ3n) is 3.61. The Morgan fingerprint density at radius 1 is 1.12 bits per heavy atom. The number of aryl methyl sites for hydroxylation is 1.